The first kappa shape index (κ1) is 17.0. The molecular formula is C14H24ClN3O2. The van der Waals surface area contributed by atoms with E-state index in [4.69, 9.17) is 11.6 Å². The van der Waals surface area contributed by atoms with E-state index in [0.717, 1.165) is 19.4 Å². The minimum atomic E-state index is -0.422. The number of halogens is 1. The molecular weight excluding hydrogens is 278 g/mol. The van der Waals surface area contributed by atoms with Crippen LogP contribution < -0.4 is 11.2 Å². The molecule has 0 unspecified atom stereocenters. The molecule has 0 saturated carbocycles. The average Bonchev–Trinajstić information content (AvgIpc) is 2.37. The van der Waals surface area contributed by atoms with E-state index in [2.05, 4.69) is 30.8 Å². The van der Waals surface area contributed by atoms with Crippen LogP contribution in [0.15, 0.2) is 9.59 Å². The molecule has 1 heterocycles. The molecule has 0 amide bonds. The van der Waals surface area contributed by atoms with Crippen molar-refractivity contribution in [2.75, 3.05) is 13.6 Å². The third-order valence-electron chi connectivity index (χ3n) is 3.61. The van der Waals surface area contributed by atoms with Gasteiger partial charge in [-0.3, -0.25) is 14.3 Å². The number of unbranched alkanes of at least 4 members (excludes halogenated alkanes) is 1. The first-order valence-corrected chi connectivity index (χ1v) is 7.48. The number of hydrogen-bond donors (Lipinski definition) is 1. The fraction of sp³-hybridized carbons (Fsp3) is 0.714. The van der Waals surface area contributed by atoms with Gasteiger partial charge in [-0.25, -0.2) is 4.79 Å². The van der Waals surface area contributed by atoms with Gasteiger partial charge in [-0.1, -0.05) is 18.5 Å². The molecule has 20 heavy (non-hydrogen) atoms. The second-order valence-electron chi connectivity index (χ2n) is 5.31. The van der Waals surface area contributed by atoms with Crippen LogP contribution >= 0.6 is 11.6 Å². The molecule has 1 aromatic rings. The number of hydrogen-bond acceptors (Lipinski definition) is 3. The average molecular weight is 302 g/mol. The normalized spacial score (nSPS) is 11.6. The Labute approximate surface area is 124 Å². The second kappa shape index (κ2) is 7.64. The number of rotatable bonds is 7. The largest absolute Gasteiger partial charge is 0.329 e. The Bertz CT molecular complexity index is 548. The van der Waals surface area contributed by atoms with Gasteiger partial charge in [0.15, 0.2) is 0 Å². The third kappa shape index (κ3) is 4.21. The van der Waals surface area contributed by atoms with E-state index in [1.54, 1.807) is 0 Å². The third-order valence-corrected chi connectivity index (χ3v) is 3.93. The summed E-state index contributed by atoms with van der Waals surface area (Å²) in [7, 11) is 2.07. The summed E-state index contributed by atoms with van der Waals surface area (Å²) in [5.41, 5.74) is -0.210. The Morgan fingerprint density at radius 1 is 1.30 bits per heavy atom. The first-order chi connectivity index (χ1) is 9.38. The van der Waals surface area contributed by atoms with Crippen molar-refractivity contribution in [2.24, 2.45) is 0 Å². The quantitative estimate of drug-likeness (QED) is 0.618. The van der Waals surface area contributed by atoms with Gasteiger partial charge < -0.3 is 4.90 Å². The van der Waals surface area contributed by atoms with E-state index < -0.39 is 5.69 Å². The molecule has 1 N–H and O–H groups in total. The lowest BCUT2D eigenvalue weighted by Crippen LogP contribution is -2.37. The maximum Gasteiger partial charge on any atom is 0.329 e. The van der Waals surface area contributed by atoms with Crippen LogP contribution in [0.2, 0.25) is 5.15 Å². The van der Waals surface area contributed by atoms with E-state index in [1.165, 1.54) is 4.57 Å². The predicted molar refractivity (Wildman–Crippen MR) is 82.7 cm³/mol. The summed E-state index contributed by atoms with van der Waals surface area (Å²) >= 11 is 5.87. The number of aromatic amines is 1. The highest BCUT2D eigenvalue weighted by Crippen LogP contribution is 2.06. The van der Waals surface area contributed by atoms with E-state index in [9.17, 15) is 9.59 Å². The highest BCUT2D eigenvalue weighted by Gasteiger charge is 2.11. The Kier molecular flexibility index (Phi) is 6.49. The van der Waals surface area contributed by atoms with Crippen LogP contribution in [0.4, 0.5) is 0 Å². The van der Waals surface area contributed by atoms with Gasteiger partial charge in [-0.05, 0) is 46.7 Å². The topological polar surface area (TPSA) is 58.1 Å². The zero-order valence-electron chi connectivity index (χ0n) is 12.7. The molecule has 0 aromatic carbocycles. The van der Waals surface area contributed by atoms with Crippen molar-refractivity contribution in [3.05, 3.63) is 31.6 Å². The fourth-order valence-electron chi connectivity index (χ4n) is 1.98. The minimum absolute atomic E-state index is 0.165. The molecule has 0 fully saturated rings. The summed E-state index contributed by atoms with van der Waals surface area (Å²) < 4.78 is 1.25. The molecule has 0 spiro atoms. The highest BCUT2D eigenvalue weighted by molar-refractivity contribution is 6.30. The van der Waals surface area contributed by atoms with Gasteiger partial charge in [-0.2, -0.15) is 0 Å². The van der Waals surface area contributed by atoms with Crippen molar-refractivity contribution < 1.29 is 0 Å². The van der Waals surface area contributed by atoms with Crippen LogP contribution in [0.25, 0.3) is 0 Å². The van der Waals surface area contributed by atoms with Crippen molar-refractivity contribution >= 4 is 11.6 Å². The van der Waals surface area contributed by atoms with Gasteiger partial charge in [0.05, 0.1) is 5.56 Å². The maximum atomic E-state index is 12.1. The van der Waals surface area contributed by atoms with Crippen LogP contribution in [-0.2, 0) is 13.0 Å². The lowest BCUT2D eigenvalue weighted by atomic mass is 10.2. The summed E-state index contributed by atoms with van der Waals surface area (Å²) in [6.45, 7) is 7.52. The fourth-order valence-corrected chi connectivity index (χ4v) is 2.28. The zero-order chi connectivity index (χ0) is 15.3. The summed E-state index contributed by atoms with van der Waals surface area (Å²) in [4.78, 5) is 28.7. The predicted octanol–water partition coefficient (Wildman–Crippen LogP) is 1.87. The van der Waals surface area contributed by atoms with Gasteiger partial charge in [-0.15, -0.1) is 0 Å². The Balaban J connectivity index is 2.70. The molecule has 0 radical (unpaired) electrons. The van der Waals surface area contributed by atoms with Crippen LogP contribution in [-0.4, -0.2) is 34.1 Å². The van der Waals surface area contributed by atoms with Gasteiger partial charge in [0.2, 0.25) is 0 Å². The lowest BCUT2D eigenvalue weighted by molar-refractivity contribution is 0.266. The summed E-state index contributed by atoms with van der Waals surface area (Å²) in [5, 5.41) is 0.165. The molecule has 0 atom stereocenters. The number of nitrogens with one attached hydrogen (secondary N) is 1. The van der Waals surface area contributed by atoms with Crippen molar-refractivity contribution in [1.82, 2.24) is 14.5 Å². The van der Waals surface area contributed by atoms with Crippen molar-refractivity contribution in [1.29, 1.82) is 0 Å². The van der Waals surface area contributed by atoms with E-state index >= 15 is 0 Å². The molecule has 5 nitrogen and oxygen atoms in total. The number of H-pyrrole nitrogens is 1. The molecule has 0 aliphatic heterocycles. The first-order valence-electron chi connectivity index (χ1n) is 7.10. The summed E-state index contributed by atoms with van der Waals surface area (Å²) in [5.74, 6) is 0. The molecule has 0 bridgehead atoms. The smallest absolute Gasteiger partial charge is 0.304 e. The van der Waals surface area contributed by atoms with E-state index in [-0.39, 0.29) is 10.7 Å². The molecule has 1 aromatic heterocycles. The Hall–Kier alpha value is -1.07. The molecule has 6 heteroatoms. The molecule has 0 aliphatic carbocycles. The van der Waals surface area contributed by atoms with Crippen LogP contribution in [0.3, 0.4) is 0 Å². The van der Waals surface area contributed by atoms with Gasteiger partial charge in [0.25, 0.3) is 5.56 Å². The maximum absolute atomic E-state index is 12.1. The lowest BCUT2D eigenvalue weighted by Gasteiger charge is -2.20. The van der Waals surface area contributed by atoms with Crippen molar-refractivity contribution in [3.8, 4) is 0 Å². The van der Waals surface area contributed by atoms with Gasteiger partial charge >= 0.3 is 5.69 Å². The molecule has 1 rings (SSSR count). The number of aromatic nitrogens is 2. The minimum Gasteiger partial charge on any atom is -0.304 e. The molecule has 0 saturated heterocycles. The molecule has 114 valence electrons. The van der Waals surface area contributed by atoms with Gasteiger partial charge in [0, 0.05) is 12.6 Å². The van der Waals surface area contributed by atoms with Gasteiger partial charge in [0.1, 0.15) is 5.15 Å². The monoisotopic (exact) mass is 301 g/mol. The Morgan fingerprint density at radius 3 is 2.50 bits per heavy atom. The zero-order valence-corrected chi connectivity index (χ0v) is 13.5. The number of nitrogens with zero attached hydrogens (tertiary/aromatic N) is 2. The van der Waals surface area contributed by atoms with Crippen LogP contribution in [0, 0.1) is 0 Å². The Morgan fingerprint density at radius 2 is 1.95 bits per heavy atom. The SMILES string of the molecule is CCc1c(Cl)[nH]c(=O)n(CCCCN(C)C(C)C)c1=O. The second-order valence-corrected chi connectivity index (χ2v) is 5.69. The summed E-state index contributed by atoms with van der Waals surface area (Å²) in [6, 6.07) is 0.503. The van der Waals surface area contributed by atoms with Crippen molar-refractivity contribution in [3.63, 3.8) is 0 Å². The van der Waals surface area contributed by atoms with Crippen LogP contribution in [0.1, 0.15) is 39.2 Å². The highest BCUT2D eigenvalue weighted by atomic mass is 35.5. The standard InChI is InChI=1S/C14H24ClN3O2/c1-5-11-12(15)16-14(20)18(13(11)19)9-7-6-8-17(4)10(2)3/h10H,5-9H2,1-4H3,(H,16,20). The molecule has 0 aliphatic rings. The van der Waals surface area contributed by atoms with Crippen molar-refractivity contribution in [2.45, 2.75) is 52.6 Å². The van der Waals surface area contributed by atoms with E-state index in [1.807, 2.05) is 6.92 Å². The van der Waals surface area contributed by atoms with E-state index in [0.29, 0.717) is 24.6 Å². The summed E-state index contributed by atoms with van der Waals surface area (Å²) in [6.07, 6.45) is 2.26. The van der Waals surface area contributed by atoms with Crippen LogP contribution in [0.5, 0.6) is 0 Å².